The number of hydrogen-bond acceptors (Lipinski definition) is 2. The van der Waals surface area contributed by atoms with Crippen LogP contribution in [0.4, 0.5) is 4.39 Å². The van der Waals surface area contributed by atoms with Crippen LogP contribution in [0.3, 0.4) is 0 Å². The van der Waals surface area contributed by atoms with Crippen molar-refractivity contribution in [3.05, 3.63) is 34.1 Å². The van der Waals surface area contributed by atoms with Gasteiger partial charge in [-0.3, -0.25) is 9.59 Å². The van der Waals surface area contributed by atoms with E-state index in [1.807, 2.05) is 6.92 Å². The summed E-state index contributed by atoms with van der Waals surface area (Å²) in [4.78, 5) is 22.4. The standard InChI is InChI=1S/C15H19BrFNO3/c1-2-10(3-6-14(19)20)7-8-18-15(21)11-4-5-12(16)13(17)9-11/h4-5,9-10H,2-3,6-8H2,1H3,(H,18,21)(H,19,20). The van der Waals surface area contributed by atoms with Gasteiger partial charge in [-0.05, 0) is 52.9 Å². The van der Waals surface area contributed by atoms with Crippen LogP contribution >= 0.6 is 15.9 Å². The molecule has 0 spiro atoms. The van der Waals surface area contributed by atoms with Gasteiger partial charge < -0.3 is 10.4 Å². The Morgan fingerprint density at radius 3 is 2.67 bits per heavy atom. The number of nitrogens with one attached hydrogen (secondary N) is 1. The van der Waals surface area contributed by atoms with Gasteiger partial charge in [0, 0.05) is 18.5 Å². The first-order chi connectivity index (χ1) is 9.93. The van der Waals surface area contributed by atoms with Crippen molar-refractivity contribution in [2.24, 2.45) is 5.92 Å². The minimum absolute atomic E-state index is 0.143. The SMILES string of the molecule is CCC(CCNC(=O)c1ccc(Br)c(F)c1)CCC(=O)O. The van der Waals surface area contributed by atoms with Crippen LogP contribution in [0.2, 0.25) is 0 Å². The average Bonchev–Trinajstić information content (AvgIpc) is 2.45. The summed E-state index contributed by atoms with van der Waals surface area (Å²) in [5.74, 6) is -1.34. The second kappa shape index (κ2) is 8.77. The summed E-state index contributed by atoms with van der Waals surface area (Å²) in [5.41, 5.74) is 0.272. The highest BCUT2D eigenvalue weighted by Gasteiger charge is 2.11. The van der Waals surface area contributed by atoms with Gasteiger partial charge in [0.05, 0.1) is 4.47 Å². The summed E-state index contributed by atoms with van der Waals surface area (Å²) in [6.45, 7) is 2.45. The number of halogens is 2. The molecule has 0 aliphatic carbocycles. The Hall–Kier alpha value is -1.43. The van der Waals surface area contributed by atoms with Crippen molar-refractivity contribution >= 4 is 27.8 Å². The van der Waals surface area contributed by atoms with Crippen molar-refractivity contribution < 1.29 is 19.1 Å². The third-order valence-corrected chi connectivity index (χ3v) is 4.01. The van der Waals surface area contributed by atoms with Crippen molar-refractivity contribution in [2.75, 3.05) is 6.54 Å². The molecule has 1 aromatic carbocycles. The number of carboxylic acid groups (broad SMARTS) is 1. The van der Waals surface area contributed by atoms with Gasteiger partial charge in [-0.25, -0.2) is 4.39 Å². The van der Waals surface area contributed by atoms with Gasteiger partial charge in [-0.2, -0.15) is 0 Å². The molecule has 1 amide bonds. The molecule has 0 radical (unpaired) electrons. The van der Waals surface area contributed by atoms with Crippen LogP contribution in [0, 0.1) is 11.7 Å². The molecule has 1 unspecified atom stereocenters. The summed E-state index contributed by atoms with van der Waals surface area (Å²) in [5, 5.41) is 11.4. The van der Waals surface area contributed by atoms with E-state index in [9.17, 15) is 14.0 Å². The molecular weight excluding hydrogens is 341 g/mol. The molecule has 2 N–H and O–H groups in total. The maximum absolute atomic E-state index is 13.3. The van der Waals surface area contributed by atoms with Gasteiger partial charge in [-0.1, -0.05) is 13.3 Å². The predicted molar refractivity (Wildman–Crippen MR) is 81.7 cm³/mol. The number of benzene rings is 1. The van der Waals surface area contributed by atoms with E-state index < -0.39 is 11.8 Å². The maximum atomic E-state index is 13.3. The molecule has 0 aromatic heterocycles. The molecule has 21 heavy (non-hydrogen) atoms. The highest BCUT2D eigenvalue weighted by Crippen LogP contribution is 2.17. The first kappa shape index (κ1) is 17.6. The van der Waals surface area contributed by atoms with E-state index in [-0.39, 0.29) is 23.8 Å². The first-order valence-electron chi connectivity index (χ1n) is 6.89. The quantitative estimate of drug-likeness (QED) is 0.745. The average molecular weight is 360 g/mol. The summed E-state index contributed by atoms with van der Waals surface area (Å²) in [6, 6.07) is 4.22. The van der Waals surface area contributed by atoms with Gasteiger partial charge in [0.15, 0.2) is 0 Å². The minimum Gasteiger partial charge on any atom is -0.481 e. The Labute approximate surface area is 131 Å². The summed E-state index contributed by atoms with van der Waals surface area (Å²) in [7, 11) is 0. The maximum Gasteiger partial charge on any atom is 0.303 e. The highest BCUT2D eigenvalue weighted by molar-refractivity contribution is 9.10. The molecule has 0 saturated heterocycles. The molecule has 0 bridgehead atoms. The molecule has 116 valence electrons. The molecule has 0 fully saturated rings. The molecule has 1 atom stereocenters. The largest absolute Gasteiger partial charge is 0.481 e. The third kappa shape index (κ3) is 6.25. The van der Waals surface area contributed by atoms with Gasteiger partial charge >= 0.3 is 5.97 Å². The number of carbonyl (C=O) groups is 2. The Balaban J connectivity index is 2.41. The molecular formula is C15H19BrFNO3. The fourth-order valence-corrected chi connectivity index (χ4v) is 2.26. The molecule has 0 saturated carbocycles. The second-order valence-corrected chi connectivity index (χ2v) is 5.73. The van der Waals surface area contributed by atoms with E-state index in [2.05, 4.69) is 21.2 Å². The first-order valence-corrected chi connectivity index (χ1v) is 7.68. The van der Waals surface area contributed by atoms with Crippen molar-refractivity contribution in [1.29, 1.82) is 0 Å². The van der Waals surface area contributed by atoms with E-state index in [4.69, 9.17) is 5.11 Å². The highest BCUT2D eigenvalue weighted by atomic mass is 79.9. The zero-order valence-corrected chi connectivity index (χ0v) is 13.5. The van der Waals surface area contributed by atoms with Crippen LogP contribution in [-0.2, 0) is 4.79 Å². The van der Waals surface area contributed by atoms with Crippen molar-refractivity contribution in [1.82, 2.24) is 5.32 Å². The van der Waals surface area contributed by atoms with Crippen LogP contribution in [0.1, 0.15) is 43.0 Å². The lowest BCUT2D eigenvalue weighted by atomic mass is 9.96. The van der Waals surface area contributed by atoms with Crippen molar-refractivity contribution in [2.45, 2.75) is 32.6 Å². The number of carboxylic acids is 1. The lowest BCUT2D eigenvalue weighted by Crippen LogP contribution is -2.26. The Kier molecular flexibility index (Phi) is 7.36. The van der Waals surface area contributed by atoms with E-state index in [0.717, 1.165) is 6.42 Å². The Bertz CT molecular complexity index is 508. The lowest BCUT2D eigenvalue weighted by molar-refractivity contribution is -0.137. The number of aliphatic carboxylic acids is 1. The molecule has 1 aromatic rings. The van der Waals surface area contributed by atoms with Gasteiger partial charge in [-0.15, -0.1) is 0 Å². The summed E-state index contributed by atoms with van der Waals surface area (Å²) < 4.78 is 13.7. The second-order valence-electron chi connectivity index (χ2n) is 4.88. The molecule has 0 aliphatic rings. The van der Waals surface area contributed by atoms with E-state index in [0.29, 0.717) is 23.9 Å². The van der Waals surface area contributed by atoms with Crippen molar-refractivity contribution in [3.63, 3.8) is 0 Å². The molecule has 0 heterocycles. The van der Waals surface area contributed by atoms with Gasteiger partial charge in [0.25, 0.3) is 5.91 Å². The number of hydrogen-bond donors (Lipinski definition) is 2. The molecule has 6 heteroatoms. The van der Waals surface area contributed by atoms with E-state index in [1.54, 1.807) is 6.07 Å². The third-order valence-electron chi connectivity index (χ3n) is 3.36. The molecule has 1 rings (SSSR count). The Morgan fingerprint density at radius 2 is 2.10 bits per heavy atom. The normalized spacial score (nSPS) is 12.0. The fourth-order valence-electron chi connectivity index (χ4n) is 2.01. The van der Waals surface area contributed by atoms with Crippen LogP contribution in [0.25, 0.3) is 0 Å². The van der Waals surface area contributed by atoms with E-state index >= 15 is 0 Å². The summed E-state index contributed by atoms with van der Waals surface area (Å²) >= 11 is 3.03. The zero-order valence-electron chi connectivity index (χ0n) is 11.9. The number of carbonyl (C=O) groups excluding carboxylic acids is 1. The monoisotopic (exact) mass is 359 g/mol. The topological polar surface area (TPSA) is 66.4 Å². The zero-order chi connectivity index (χ0) is 15.8. The lowest BCUT2D eigenvalue weighted by Gasteiger charge is -2.14. The smallest absolute Gasteiger partial charge is 0.303 e. The predicted octanol–water partition coefficient (Wildman–Crippen LogP) is 3.60. The minimum atomic E-state index is -0.803. The van der Waals surface area contributed by atoms with Gasteiger partial charge in [0.1, 0.15) is 5.82 Å². The summed E-state index contributed by atoms with van der Waals surface area (Å²) in [6.07, 6.45) is 2.34. The van der Waals surface area contributed by atoms with Crippen LogP contribution in [-0.4, -0.2) is 23.5 Å². The van der Waals surface area contributed by atoms with Crippen LogP contribution in [0.5, 0.6) is 0 Å². The van der Waals surface area contributed by atoms with Crippen LogP contribution in [0.15, 0.2) is 22.7 Å². The number of rotatable bonds is 8. The fraction of sp³-hybridized carbons (Fsp3) is 0.467. The number of amides is 1. The Morgan fingerprint density at radius 1 is 1.38 bits per heavy atom. The molecule has 4 nitrogen and oxygen atoms in total. The van der Waals surface area contributed by atoms with Gasteiger partial charge in [0.2, 0.25) is 0 Å². The van der Waals surface area contributed by atoms with E-state index in [1.165, 1.54) is 12.1 Å². The molecule has 0 aliphatic heterocycles. The van der Waals surface area contributed by atoms with Crippen molar-refractivity contribution in [3.8, 4) is 0 Å². The van der Waals surface area contributed by atoms with Crippen LogP contribution < -0.4 is 5.32 Å².